The molecule has 10 nitrogen and oxygen atoms in total. The molecule has 10 heteroatoms. The highest BCUT2D eigenvalue weighted by Gasteiger charge is 2.47. The number of nitrogen functional groups attached to an aromatic ring is 1. The van der Waals surface area contributed by atoms with Crippen LogP contribution >= 0.6 is 0 Å². The van der Waals surface area contributed by atoms with Crippen molar-refractivity contribution in [3.05, 3.63) is 16.7 Å². The van der Waals surface area contributed by atoms with Gasteiger partial charge in [0, 0.05) is 7.11 Å². The van der Waals surface area contributed by atoms with Crippen molar-refractivity contribution in [2.75, 3.05) is 12.8 Å². The Morgan fingerprint density at radius 2 is 2.32 bits per heavy atom. The van der Waals surface area contributed by atoms with E-state index in [1.165, 1.54) is 18.0 Å². The molecule has 1 saturated heterocycles. The summed E-state index contributed by atoms with van der Waals surface area (Å²) in [5.74, 6) is -0.0675. The van der Waals surface area contributed by atoms with Crippen LogP contribution in [-0.2, 0) is 9.47 Å². The monoisotopic (exact) mass is 311 g/mol. The Hall–Kier alpha value is -2.01. The normalized spacial score (nSPS) is 30.0. The van der Waals surface area contributed by atoms with Crippen molar-refractivity contribution in [3.63, 3.8) is 0 Å². The molecule has 1 aliphatic heterocycles. The van der Waals surface area contributed by atoms with Gasteiger partial charge < -0.3 is 25.4 Å². The van der Waals surface area contributed by atoms with Crippen molar-refractivity contribution < 1.29 is 19.7 Å². The molecule has 2 aromatic rings. The van der Waals surface area contributed by atoms with Crippen molar-refractivity contribution in [2.24, 2.45) is 0 Å². The van der Waals surface area contributed by atoms with E-state index in [1.54, 1.807) is 6.92 Å². The molecular weight excluding hydrogens is 294 g/mol. The van der Waals surface area contributed by atoms with Crippen LogP contribution in [0.25, 0.3) is 11.2 Å². The first-order chi connectivity index (χ1) is 10.4. The SMILES string of the molecule is COC1[C@H](O)[C@H](n2cnc3c(=O)[nH]c(N)nc32)O[C@@H]1[C@@H](C)O. The van der Waals surface area contributed by atoms with Gasteiger partial charge in [-0.3, -0.25) is 14.3 Å². The molecule has 0 aliphatic carbocycles. The van der Waals surface area contributed by atoms with Gasteiger partial charge in [0.1, 0.15) is 18.3 Å². The largest absolute Gasteiger partial charge is 0.391 e. The Morgan fingerprint density at radius 1 is 1.59 bits per heavy atom. The van der Waals surface area contributed by atoms with E-state index < -0.39 is 36.2 Å². The molecule has 0 saturated carbocycles. The maximum atomic E-state index is 11.8. The molecule has 0 radical (unpaired) electrons. The summed E-state index contributed by atoms with van der Waals surface area (Å²) in [4.78, 5) is 22.1. The van der Waals surface area contributed by atoms with Crippen molar-refractivity contribution in [3.8, 4) is 0 Å². The summed E-state index contributed by atoms with van der Waals surface area (Å²) in [6, 6.07) is 0. The average molecular weight is 311 g/mol. The van der Waals surface area contributed by atoms with Crippen LogP contribution < -0.4 is 11.3 Å². The highest BCUT2D eigenvalue weighted by molar-refractivity contribution is 5.70. The second-order valence-corrected chi connectivity index (χ2v) is 5.20. The number of aromatic nitrogens is 4. The van der Waals surface area contributed by atoms with Crippen LogP contribution in [0.4, 0.5) is 5.95 Å². The maximum absolute atomic E-state index is 11.8. The fourth-order valence-electron chi connectivity index (χ4n) is 2.70. The number of nitrogens with one attached hydrogen (secondary N) is 1. The van der Waals surface area contributed by atoms with E-state index in [4.69, 9.17) is 15.2 Å². The van der Waals surface area contributed by atoms with Crippen LogP contribution in [0.1, 0.15) is 13.2 Å². The zero-order valence-corrected chi connectivity index (χ0v) is 12.0. The number of hydrogen-bond donors (Lipinski definition) is 4. The molecule has 1 unspecified atom stereocenters. The molecule has 5 atom stereocenters. The fraction of sp³-hybridized carbons (Fsp3) is 0.583. The third kappa shape index (κ3) is 2.16. The first-order valence-electron chi connectivity index (χ1n) is 6.70. The zero-order valence-electron chi connectivity index (χ0n) is 12.0. The summed E-state index contributed by atoms with van der Waals surface area (Å²) in [6.07, 6.45) is -2.92. The van der Waals surface area contributed by atoms with E-state index in [-0.39, 0.29) is 17.1 Å². The number of H-pyrrole nitrogens is 1. The number of aliphatic hydroxyl groups excluding tert-OH is 2. The number of fused-ring (bicyclic) bond motifs is 1. The van der Waals surface area contributed by atoms with Gasteiger partial charge >= 0.3 is 0 Å². The van der Waals surface area contributed by atoms with Crippen LogP contribution in [0.15, 0.2) is 11.1 Å². The number of imidazole rings is 1. The molecule has 0 aromatic carbocycles. The van der Waals surface area contributed by atoms with Crippen LogP contribution in [0.5, 0.6) is 0 Å². The first kappa shape index (κ1) is 14.9. The molecule has 120 valence electrons. The fourth-order valence-corrected chi connectivity index (χ4v) is 2.70. The van der Waals surface area contributed by atoms with Crippen molar-refractivity contribution >= 4 is 17.1 Å². The molecule has 1 fully saturated rings. The minimum Gasteiger partial charge on any atom is -0.391 e. The number of nitrogens with two attached hydrogens (primary N) is 1. The topological polar surface area (TPSA) is 149 Å². The van der Waals surface area contributed by atoms with Crippen molar-refractivity contribution in [1.82, 2.24) is 19.5 Å². The van der Waals surface area contributed by atoms with Crippen molar-refractivity contribution in [1.29, 1.82) is 0 Å². The smallest absolute Gasteiger partial charge is 0.280 e. The molecule has 0 amide bonds. The Bertz CT molecular complexity index is 741. The summed E-state index contributed by atoms with van der Waals surface area (Å²) >= 11 is 0. The number of rotatable bonds is 3. The second kappa shape index (κ2) is 5.32. The molecule has 3 rings (SSSR count). The van der Waals surface area contributed by atoms with Gasteiger partial charge in [-0.2, -0.15) is 4.98 Å². The number of aliphatic hydroxyl groups is 2. The van der Waals surface area contributed by atoms with Crippen LogP contribution in [0, 0.1) is 0 Å². The number of hydrogen-bond acceptors (Lipinski definition) is 8. The number of aromatic amines is 1. The lowest BCUT2D eigenvalue weighted by molar-refractivity contribution is -0.0824. The molecule has 2 aromatic heterocycles. The quantitative estimate of drug-likeness (QED) is 0.527. The summed E-state index contributed by atoms with van der Waals surface area (Å²) in [5, 5.41) is 20.1. The Labute approximate surface area is 124 Å². The van der Waals surface area contributed by atoms with E-state index in [9.17, 15) is 15.0 Å². The third-order valence-electron chi connectivity index (χ3n) is 3.72. The lowest BCUT2D eigenvalue weighted by atomic mass is 10.1. The molecule has 5 N–H and O–H groups in total. The minimum absolute atomic E-state index is 0.0675. The molecule has 0 spiro atoms. The van der Waals surface area contributed by atoms with E-state index in [0.717, 1.165) is 0 Å². The predicted octanol–water partition coefficient (Wildman–Crippen LogP) is -1.64. The lowest BCUT2D eigenvalue weighted by Crippen LogP contribution is -2.38. The van der Waals surface area contributed by atoms with E-state index >= 15 is 0 Å². The van der Waals surface area contributed by atoms with Gasteiger partial charge in [-0.25, -0.2) is 4.98 Å². The molecule has 1 aliphatic rings. The highest BCUT2D eigenvalue weighted by atomic mass is 16.6. The van der Waals surface area contributed by atoms with E-state index in [1.807, 2.05) is 0 Å². The van der Waals surface area contributed by atoms with Crippen LogP contribution in [0.3, 0.4) is 0 Å². The summed E-state index contributed by atoms with van der Waals surface area (Å²) in [7, 11) is 1.42. The number of anilines is 1. The summed E-state index contributed by atoms with van der Waals surface area (Å²) < 4.78 is 12.3. The Kier molecular flexibility index (Phi) is 3.60. The van der Waals surface area contributed by atoms with Gasteiger partial charge in [0.25, 0.3) is 5.56 Å². The third-order valence-corrected chi connectivity index (χ3v) is 3.72. The van der Waals surface area contributed by atoms with Gasteiger partial charge in [-0.05, 0) is 6.92 Å². The zero-order chi connectivity index (χ0) is 16.0. The standard InChI is InChI=1S/C12H17N5O5/c1-4(18)7-8(21-2)6(19)11(22-7)17-3-14-5-9(17)15-12(13)16-10(5)20/h3-4,6-8,11,18-19H,1-2H3,(H3,13,15,16,20)/t4-,6+,7-,8?,11-/m1/s1. The lowest BCUT2D eigenvalue weighted by Gasteiger charge is -2.20. The summed E-state index contributed by atoms with van der Waals surface area (Å²) in [6.45, 7) is 1.54. The maximum Gasteiger partial charge on any atom is 0.280 e. The minimum atomic E-state index is -1.07. The number of nitrogens with zero attached hydrogens (tertiary/aromatic N) is 3. The predicted molar refractivity (Wildman–Crippen MR) is 75.0 cm³/mol. The molecule has 22 heavy (non-hydrogen) atoms. The second-order valence-electron chi connectivity index (χ2n) is 5.20. The van der Waals surface area contributed by atoms with Crippen molar-refractivity contribution in [2.45, 2.75) is 37.6 Å². The van der Waals surface area contributed by atoms with Gasteiger partial charge in [-0.15, -0.1) is 0 Å². The average Bonchev–Trinajstić information content (AvgIpc) is 2.99. The molecular formula is C12H17N5O5. The number of methoxy groups -OCH3 is 1. The molecule has 0 bridgehead atoms. The highest BCUT2D eigenvalue weighted by Crippen LogP contribution is 2.33. The van der Waals surface area contributed by atoms with E-state index in [2.05, 4.69) is 15.0 Å². The van der Waals surface area contributed by atoms with Gasteiger partial charge in [0.2, 0.25) is 5.95 Å². The van der Waals surface area contributed by atoms with Crippen LogP contribution in [0.2, 0.25) is 0 Å². The van der Waals surface area contributed by atoms with Gasteiger partial charge in [0.15, 0.2) is 17.4 Å². The first-order valence-corrected chi connectivity index (χ1v) is 6.70. The Balaban J connectivity index is 2.06. The summed E-state index contributed by atoms with van der Waals surface area (Å²) in [5.41, 5.74) is 5.33. The number of ether oxygens (including phenoxy) is 2. The van der Waals surface area contributed by atoms with E-state index in [0.29, 0.717) is 0 Å². The van der Waals surface area contributed by atoms with Gasteiger partial charge in [0.05, 0.1) is 12.4 Å². The molecule has 3 heterocycles. The van der Waals surface area contributed by atoms with Gasteiger partial charge in [-0.1, -0.05) is 0 Å². The van der Waals surface area contributed by atoms with Crippen LogP contribution in [-0.4, -0.2) is 61.3 Å². The Morgan fingerprint density at radius 3 is 2.91 bits per heavy atom.